The molecule has 2 unspecified atom stereocenters. The maximum atomic E-state index is 14.4. The molecule has 1 aliphatic carbocycles. The van der Waals surface area contributed by atoms with Gasteiger partial charge in [-0.25, -0.2) is 27.2 Å². The summed E-state index contributed by atoms with van der Waals surface area (Å²) < 4.78 is 63.7. The first-order valence-corrected chi connectivity index (χ1v) is 16.4. The van der Waals surface area contributed by atoms with Crippen molar-refractivity contribution in [3.63, 3.8) is 0 Å². The molecule has 4 aromatic rings. The SMILES string of the molecule is Cc1cn(C)nc1-c1ccc(Nc2cc(NC(=O)C3CC3(C)C)nc3c2nc(C(F)F)n3C2CCCCO2)c(S(C)(=O)=O)c1. The second-order valence-electron chi connectivity index (χ2n) is 12.4. The van der Waals surface area contributed by atoms with E-state index in [9.17, 15) is 22.0 Å². The molecular formula is C30H35F2N7O4S. The first kappa shape index (κ1) is 30.1. The van der Waals surface area contributed by atoms with Crippen molar-refractivity contribution in [3.8, 4) is 11.3 Å². The summed E-state index contributed by atoms with van der Waals surface area (Å²) in [4.78, 5) is 21.9. The van der Waals surface area contributed by atoms with Gasteiger partial charge in [0.05, 0.1) is 22.0 Å². The molecule has 1 saturated carbocycles. The molecule has 1 aliphatic heterocycles. The Morgan fingerprint density at radius 1 is 1.16 bits per heavy atom. The molecule has 0 radical (unpaired) electrons. The topological polar surface area (TPSA) is 133 Å². The molecule has 0 bridgehead atoms. The van der Waals surface area contributed by atoms with Crippen molar-refractivity contribution in [2.24, 2.45) is 18.4 Å². The van der Waals surface area contributed by atoms with Crippen LogP contribution in [0.3, 0.4) is 0 Å². The second-order valence-corrected chi connectivity index (χ2v) is 14.4. The van der Waals surface area contributed by atoms with Crippen LogP contribution in [0.15, 0.2) is 35.4 Å². The normalized spacial score (nSPS) is 19.8. The van der Waals surface area contributed by atoms with Gasteiger partial charge in [-0.15, -0.1) is 0 Å². The Balaban J connectivity index is 1.49. The molecule has 1 saturated heterocycles. The number of nitrogens with zero attached hydrogens (tertiary/aromatic N) is 5. The van der Waals surface area contributed by atoms with Crippen LogP contribution >= 0.6 is 0 Å². The number of halogens is 2. The Labute approximate surface area is 253 Å². The van der Waals surface area contributed by atoms with E-state index >= 15 is 0 Å². The number of benzene rings is 1. The van der Waals surface area contributed by atoms with E-state index in [1.807, 2.05) is 27.0 Å². The number of hydrogen-bond donors (Lipinski definition) is 2. The minimum atomic E-state index is -3.77. The van der Waals surface area contributed by atoms with Gasteiger partial charge in [0.15, 0.2) is 21.3 Å². The Morgan fingerprint density at radius 3 is 2.50 bits per heavy atom. The van der Waals surface area contributed by atoms with E-state index in [4.69, 9.17) is 4.74 Å². The zero-order valence-corrected chi connectivity index (χ0v) is 26.0. The van der Waals surface area contributed by atoms with Gasteiger partial charge in [-0.3, -0.25) is 14.0 Å². The van der Waals surface area contributed by atoms with Crippen LogP contribution in [0.25, 0.3) is 22.4 Å². The molecule has 1 amide bonds. The molecule has 2 aliphatic rings. The predicted molar refractivity (Wildman–Crippen MR) is 162 cm³/mol. The molecule has 234 valence electrons. The lowest BCUT2D eigenvalue weighted by molar-refractivity contribution is -0.118. The number of ether oxygens (including phenoxy) is 1. The van der Waals surface area contributed by atoms with Crippen LogP contribution in [0.4, 0.5) is 26.0 Å². The number of imidazole rings is 1. The fraction of sp³-hybridized carbons (Fsp3) is 0.467. The van der Waals surface area contributed by atoms with Gasteiger partial charge in [0.2, 0.25) is 5.91 Å². The molecule has 0 spiro atoms. The first-order valence-electron chi connectivity index (χ1n) is 14.5. The monoisotopic (exact) mass is 627 g/mol. The summed E-state index contributed by atoms with van der Waals surface area (Å²) >= 11 is 0. The van der Waals surface area contributed by atoms with E-state index in [2.05, 4.69) is 25.7 Å². The van der Waals surface area contributed by atoms with E-state index < -0.39 is 28.3 Å². The maximum Gasteiger partial charge on any atom is 0.295 e. The number of pyridine rings is 1. The van der Waals surface area contributed by atoms with Crippen LogP contribution in [0, 0.1) is 18.3 Å². The smallest absolute Gasteiger partial charge is 0.295 e. The van der Waals surface area contributed by atoms with Crippen LogP contribution in [0.2, 0.25) is 0 Å². The van der Waals surface area contributed by atoms with Crippen molar-refractivity contribution in [1.29, 1.82) is 0 Å². The number of amides is 1. The zero-order chi connectivity index (χ0) is 31.6. The Kier molecular flexibility index (Phi) is 7.47. The number of carbonyl (C=O) groups is 1. The van der Waals surface area contributed by atoms with Gasteiger partial charge >= 0.3 is 0 Å². The summed E-state index contributed by atoms with van der Waals surface area (Å²) in [5, 5.41) is 10.4. The molecule has 2 N–H and O–H groups in total. The number of carbonyl (C=O) groups excluding carboxylic acids is 1. The highest BCUT2D eigenvalue weighted by atomic mass is 32.2. The van der Waals surface area contributed by atoms with E-state index in [1.54, 1.807) is 23.9 Å². The number of nitrogens with one attached hydrogen (secondary N) is 2. The third kappa shape index (κ3) is 5.68. The summed E-state index contributed by atoms with van der Waals surface area (Å²) in [6, 6.07) is 6.36. The highest BCUT2D eigenvalue weighted by Crippen LogP contribution is 2.52. The average molecular weight is 628 g/mol. The van der Waals surface area contributed by atoms with Gasteiger partial charge in [-0.05, 0) is 55.7 Å². The van der Waals surface area contributed by atoms with Gasteiger partial charge in [0, 0.05) is 43.7 Å². The summed E-state index contributed by atoms with van der Waals surface area (Å²) in [6.07, 6.45) is 2.10. The molecule has 3 aromatic heterocycles. The Hall–Kier alpha value is -3.91. The van der Waals surface area contributed by atoms with E-state index in [0.29, 0.717) is 24.3 Å². The summed E-state index contributed by atoms with van der Waals surface area (Å²) in [7, 11) is -1.99. The molecular weight excluding hydrogens is 592 g/mol. The number of alkyl halides is 2. The number of hydrogen-bond acceptors (Lipinski definition) is 8. The van der Waals surface area contributed by atoms with Crippen LogP contribution in [-0.4, -0.2) is 51.5 Å². The molecule has 2 atom stereocenters. The fourth-order valence-electron chi connectivity index (χ4n) is 5.85. The lowest BCUT2D eigenvalue weighted by atomic mass is 10.1. The van der Waals surface area contributed by atoms with Crippen molar-refractivity contribution < 1.29 is 26.7 Å². The standard InChI is InChI=1S/C30H35F2N7O4S/c1-16-15-38(4)37-24(16)17-9-10-19(21(12-17)44(5,41)42)33-20-13-22(35-29(40)18-14-30(18,2)3)34-27-25(20)36-28(26(31)32)39(27)23-8-6-7-11-43-23/h9-10,12-13,15,18,23,26H,6-8,11,14H2,1-5H3,(H2,33,34,35,40). The summed E-state index contributed by atoms with van der Waals surface area (Å²) in [6.45, 7) is 6.28. The maximum absolute atomic E-state index is 14.4. The van der Waals surface area contributed by atoms with E-state index in [0.717, 1.165) is 31.1 Å². The molecule has 6 rings (SSSR count). The van der Waals surface area contributed by atoms with Gasteiger partial charge in [0.1, 0.15) is 17.6 Å². The molecule has 4 heterocycles. The minimum absolute atomic E-state index is 0.0144. The van der Waals surface area contributed by atoms with Crippen molar-refractivity contribution in [2.45, 2.75) is 64.0 Å². The minimum Gasteiger partial charge on any atom is -0.358 e. The highest BCUT2D eigenvalue weighted by molar-refractivity contribution is 7.90. The lowest BCUT2D eigenvalue weighted by Gasteiger charge is -2.25. The third-order valence-corrected chi connectivity index (χ3v) is 9.47. The van der Waals surface area contributed by atoms with E-state index in [1.165, 1.54) is 16.7 Å². The number of aromatic nitrogens is 5. The first-order chi connectivity index (χ1) is 20.7. The predicted octanol–water partition coefficient (Wildman–Crippen LogP) is 5.91. The van der Waals surface area contributed by atoms with Crippen molar-refractivity contribution in [2.75, 3.05) is 23.5 Å². The summed E-state index contributed by atoms with van der Waals surface area (Å²) in [5.74, 6) is -0.821. The molecule has 1 aromatic carbocycles. The van der Waals surface area contributed by atoms with Crippen molar-refractivity contribution in [3.05, 3.63) is 41.9 Å². The summed E-state index contributed by atoms with van der Waals surface area (Å²) in [5.41, 5.74) is 2.59. The van der Waals surface area contributed by atoms with Crippen molar-refractivity contribution >= 4 is 44.1 Å². The van der Waals surface area contributed by atoms with Gasteiger partial charge < -0.3 is 15.4 Å². The van der Waals surface area contributed by atoms with Crippen molar-refractivity contribution in [1.82, 2.24) is 24.3 Å². The number of sulfone groups is 1. The lowest BCUT2D eigenvalue weighted by Crippen LogP contribution is -2.21. The molecule has 11 nitrogen and oxygen atoms in total. The average Bonchev–Trinajstić information content (AvgIpc) is 3.25. The van der Waals surface area contributed by atoms with Gasteiger partial charge in [-0.2, -0.15) is 5.10 Å². The molecule has 2 fully saturated rings. The van der Waals surface area contributed by atoms with Crippen LogP contribution in [0.5, 0.6) is 0 Å². The number of rotatable bonds is 8. The number of anilines is 3. The molecule has 14 heteroatoms. The van der Waals surface area contributed by atoms with Gasteiger partial charge in [-0.1, -0.05) is 19.9 Å². The Morgan fingerprint density at radius 2 is 1.91 bits per heavy atom. The second kappa shape index (κ2) is 10.9. The number of fused-ring (bicyclic) bond motifs is 1. The van der Waals surface area contributed by atoms with E-state index in [-0.39, 0.29) is 50.5 Å². The van der Waals surface area contributed by atoms with Crippen LogP contribution in [0.1, 0.15) is 63.6 Å². The fourth-order valence-corrected chi connectivity index (χ4v) is 6.71. The highest BCUT2D eigenvalue weighted by Gasteiger charge is 2.50. The largest absolute Gasteiger partial charge is 0.358 e. The zero-order valence-electron chi connectivity index (χ0n) is 25.2. The van der Waals surface area contributed by atoms with Crippen LogP contribution in [-0.2, 0) is 26.4 Å². The number of aryl methyl sites for hydroxylation is 2. The van der Waals surface area contributed by atoms with Gasteiger partial charge in [0.25, 0.3) is 6.43 Å². The Bertz CT molecular complexity index is 1880. The third-order valence-electron chi connectivity index (χ3n) is 8.33. The molecule has 44 heavy (non-hydrogen) atoms. The van der Waals surface area contributed by atoms with Crippen LogP contribution < -0.4 is 10.6 Å². The quantitative estimate of drug-likeness (QED) is 0.246.